The van der Waals surface area contributed by atoms with Gasteiger partial charge in [-0.3, -0.25) is 9.78 Å². The lowest BCUT2D eigenvalue weighted by Crippen LogP contribution is -2.50. The molecule has 0 radical (unpaired) electrons. The van der Waals surface area contributed by atoms with E-state index in [2.05, 4.69) is 15.6 Å². The lowest BCUT2D eigenvalue weighted by molar-refractivity contribution is -0.124. The molecule has 6 heteroatoms. The number of likely N-dealkylation sites (N-methyl/N-ethyl adjacent to an activating group) is 1. The summed E-state index contributed by atoms with van der Waals surface area (Å²) in [6.07, 6.45) is 7.99. The molecule has 2 fully saturated rings. The Hall–Kier alpha value is -2.11. The maximum atomic E-state index is 12.8. The fraction of sp³-hybridized carbons (Fsp3) is 0.611. The van der Waals surface area contributed by atoms with Crippen molar-refractivity contribution < 1.29 is 9.59 Å². The van der Waals surface area contributed by atoms with Crippen LogP contribution in [-0.4, -0.2) is 41.5 Å². The van der Waals surface area contributed by atoms with E-state index in [-0.39, 0.29) is 24.0 Å². The first-order valence-electron chi connectivity index (χ1n) is 8.90. The molecule has 2 N–H and O–H groups in total. The minimum Gasteiger partial charge on any atom is -0.357 e. The van der Waals surface area contributed by atoms with Crippen LogP contribution in [0.15, 0.2) is 24.4 Å². The summed E-state index contributed by atoms with van der Waals surface area (Å²) >= 11 is 0. The Labute approximate surface area is 143 Å². The van der Waals surface area contributed by atoms with Gasteiger partial charge in [0.15, 0.2) is 0 Å². The fourth-order valence-electron chi connectivity index (χ4n) is 3.95. The molecule has 1 aliphatic carbocycles. The van der Waals surface area contributed by atoms with Crippen LogP contribution >= 0.6 is 0 Å². The first-order chi connectivity index (χ1) is 11.7. The van der Waals surface area contributed by atoms with Gasteiger partial charge in [0, 0.05) is 19.8 Å². The number of urea groups is 1. The molecule has 0 unspecified atom stereocenters. The van der Waals surface area contributed by atoms with E-state index in [1.807, 2.05) is 18.2 Å². The van der Waals surface area contributed by atoms with Gasteiger partial charge < -0.3 is 15.5 Å². The Balaban J connectivity index is 1.74. The van der Waals surface area contributed by atoms with Gasteiger partial charge in [-0.25, -0.2) is 4.79 Å². The SMILES string of the molecule is CNC(=O)[C@@H]1CCCN1C(=O)N[C@H](c1ccccn1)C1CCCC1. The van der Waals surface area contributed by atoms with Crippen molar-refractivity contribution in [2.45, 2.75) is 50.6 Å². The second-order valence-electron chi connectivity index (χ2n) is 6.69. The smallest absolute Gasteiger partial charge is 0.318 e. The van der Waals surface area contributed by atoms with Crippen LogP contribution in [0, 0.1) is 5.92 Å². The minimum absolute atomic E-state index is 0.0767. The molecule has 24 heavy (non-hydrogen) atoms. The molecule has 0 aromatic carbocycles. The molecule has 2 atom stereocenters. The Bertz CT molecular complexity index is 572. The van der Waals surface area contributed by atoms with Gasteiger partial charge in [-0.05, 0) is 43.7 Å². The zero-order chi connectivity index (χ0) is 16.9. The van der Waals surface area contributed by atoms with Gasteiger partial charge in [0.25, 0.3) is 0 Å². The standard InChI is InChI=1S/C18H26N4O2/c1-19-17(23)15-10-6-12-22(15)18(24)21-16(13-7-2-3-8-13)14-9-4-5-11-20-14/h4-5,9,11,13,15-16H,2-3,6-8,10,12H2,1H3,(H,19,23)(H,21,24)/t15-,16-/m0/s1. The van der Waals surface area contributed by atoms with Crippen LogP contribution in [-0.2, 0) is 4.79 Å². The number of hydrogen-bond donors (Lipinski definition) is 2. The molecule has 0 spiro atoms. The molecule has 1 aromatic heterocycles. The first-order valence-corrected chi connectivity index (χ1v) is 8.90. The summed E-state index contributed by atoms with van der Waals surface area (Å²) in [5.74, 6) is 0.336. The normalized spacial score (nSPS) is 22.4. The van der Waals surface area contributed by atoms with Crippen molar-refractivity contribution in [3.8, 4) is 0 Å². The van der Waals surface area contributed by atoms with E-state index in [0.717, 1.165) is 31.4 Å². The maximum absolute atomic E-state index is 12.8. The number of nitrogens with one attached hydrogen (secondary N) is 2. The molecular weight excluding hydrogens is 304 g/mol. The van der Waals surface area contributed by atoms with Crippen molar-refractivity contribution in [3.05, 3.63) is 30.1 Å². The van der Waals surface area contributed by atoms with Gasteiger partial charge in [-0.1, -0.05) is 18.9 Å². The summed E-state index contributed by atoms with van der Waals surface area (Å²) in [4.78, 5) is 31.0. The number of aromatic nitrogens is 1. The predicted molar refractivity (Wildman–Crippen MR) is 91.3 cm³/mol. The van der Waals surface area contributed by atoms with E-state index in [4.69, 9.17) is 0 Å². The van der Waals surface area contributed by atoms with Crippen molar-refractivity contribution in [2.75, 3.05) is 13.6 Å². The number of carbonyl (C=O) groups excluding carboxylic acids is 2. The molecule has 3 amide bonds. The van der Waals surface area contributed by atoms with E-state index in [1.165, 1.54) is 12.8 Å². The number of likely N-dealkylation sites (tertiary alicyclic amines) is 1. The molecule has 130 valence electrons. The highest BCUT2D eigenvalue weighted by atomic mass is 16.2. The summed E-state index contributed by atoms with van der Waals surface area (Å²) in [5.41, 5.74) is 0.911. The Morgan fingerprint density at radius 1 is 1.21 bits per heavy atom. The predicted octanol–water partition coefficient (Wildman–Crippen LogP) is 2.23. The van der Waals surface area contributed by atoms with Crippen molar-refractivity contribution in [2.24, 2.45) is 5.92 Å². The average molecular weight is 330 g/mol. The van der Waals surface area contributed by atoms with Crippen LogP contribution in [0.4, 0.5) is 4.79 Å². The Kier molecular flexibility index (Phi) is 5.33. The summed E-state index contributed by atoms with van der Waals surface area (Å²) in [7, 11) is 1.62. The molecule has 1 aliphatic heterocycles. The fourth-order valence-corrected chi connectivity index (χ4v) is 3.95. The quantitative estimate of drug-likeness (QED) is 0.889. The third-order valence-electron chi connectivity index (χ3n) is 5.22. The van der Waals surface area contributed by atoms with E-state index in [9.17, 15) is 9.59 Å². The molecule has 1 saturated carbocycles. The highest BCUT2D eigenvalue weighted by Gasteiger charge is 2.36. The molecule has 2 aliphatic rings. The molecule has 1 saturated heterocycles. The number of rotatable bonds is 4. The van der Waals surface area contributed by atoms with Crippen molar-refractivity contribution in [1.29, 1.82) is 0 Å². The van der Waals surface area contributed by atoms with E-state index in [1.54, 1.807) is 18.1 Å². The van der Waals surface area contributed by atoms with E-state index < -0.39 is 0 Å². The van der Waals surface area contributed by atoms with Crippen LogP contribution in [0.3, 0.4) is 0 Å². The second kappa shape index (κ2) is 7.64. The van der Waals surface area contributed by atoms with Gasteiger partial charge in [0.05, 0.1) is 11.7 Å². The van der Waals surface area contributed by atoms with Crippen molar-refractivity contribution in [3.63, 3.8) is 0 Å². The molecular formula is C18H26N4O2. The summed E-state index contributed by atoms with van der Waals surface area (Å²) in [5, 5.41) is 5.83. The molecule has 1 aromatic rings. The summed E-state index contributed by atoms with van der Waals surface area (Å²) < 4.78 is 0. The van der Waals surface area contributed by atoms with Gasteiger partial charge >= 0.3 is 6.03 Å². The Morgan fingerprint density at radius 3 is 2.67 bits per heavy atom. The summed E-state index contributed by atoms with van der Waals surface area (Å²) in [6.45, 7) is 0.628. The van der Waals surface area contributed by atoms with Crippen LogP contribution in [0.25, 0.3) is 0 Å². The lowest BCUT2D eigenvalue weighted by atomic mass is 9.95. The molecule has 2 heterocycles. The van der Waals surface area contributed by atoms with Gasteiger partial charge in [-0.15, -0.1) is 0 Å². The van der Waals surface area contributed by atoms with Crippen molar-refractivity contribution in [1.82, 2.24) is 20.5 Å². The van der Waals surface area contributed by atoms with Gasteiger partial charge in [0.2, 0.25) is 5.91 Å². The van der Waals surface area contributed by atoms with E-state index in [0.29, 0.717) is 12.5 Å². The molecule has 3 rings (SSSR count). The molecule has 6 nitrogen and oxygen atoms in total. The zero-order valence-corrected chi connectivity index (χ0v) is 14.2. The van der Waals surface area contributed by atoms with Crippen LogP contribution in [0.1, 0.15) is 50.3 Å². The van der Waals surface area contributed by atoms with E-state index >= 15 is 0 Å². The van der Waals surface area contributed by atoms with Gasteiger partial charge in [-0.2, -0.15) is 0 Å². The number of carbonyl (C=O) groups is 2. The highest BCUT2D eigenvalue weighted by molar-refractivity contribution is 5.87. The number of nitrogens with zero attached hydrogens (tertiary/aromatic N) is 2. The topological polar surface area (TPSA) is 74.3 Å². The second-order valence-corrected chi connectivity index (χ2v) is 6.69. The van der Waals surface area contributed by atoms with Crippen LogP contribution < -0.4 is 10.6 Å². The third-order valence-corrected chi connectivity index (χ3v) is 5.22. The monoisotopic (exact) mass is 330 g/mol. The lowest BCUT2D eigenvalue weighted by Gasteiger charge is -2.29. The maximum Gasteiger partial charge on any atom is 0.318 e. The zero-order valence-electron chi connectivity index (χ0n) is 14.2. The largest absolute Gasteiger partial charge is 0.357 e. The highest BCUT2D eigenvalue weighted by Crippen LogP contribution is 2.35. The average Bonchev–Trinajstić information content (AvgIpc) is 3.31. The number of pyridine rings is 1. The summed E-state index contributed by atoms with van der Waals surface area (Å²) in [6, 6.07) is 5.24. The first kappa shape index (κ1) is 16.7. The molecule has 0 bridgehead atoms. The Morgan fingerprint density at radius 2 is 2.00 bits per heavy atom. The number of amides is 3. The third kappa shape index (κ3) is 3.52. The van der Waals surface area contributed by atoms with Crippen molar-refractivity contribution >= 4 is 11.9 Å². The van der Waals surface area contributed by atoms with Crippen LogP contribution in [0.5, 0.6) is 0 Å². The van der Waals surface area contributed by atoms with Crippen LogP contribution in [0.2, 0.25) is 0 Å². The van der Waals surface area contributed by atoms with Gasteiger partial charge in [0.1, 0.15) is 6.04 Å². The minimum atomic E-state index is -0.358. The number of hydrogen-bond acceptors (Lipinski definition) is 3.